The molecule has 1 aliphatic rings. The Morgan fingerprint density at radius 2 is 2.39 bits per heavy atom. The van der Waals surface area contributed by atoms with Gasteiger partial charge in [-0.1, -0.05) is 0 Å². The second-order valence-corrected chi connectivity index (χ2v) is 6.84. The number of aromatic nitrogens is 3. The average Bonchev–Trinajstić information content (AvgIpc) is 2.81. The van der Waals surface area contributed by atoms with Crippen LogP contribution < -0.4 is 0 Å². The van der Waals surface area contributed by atoms with Crippen LogP contribution in [-0.2, 0) is 28.1 Å². The molecule has 2 rings (SSSR count). The Morgan fingerprint density at radius 1 is 1.67 bits per heavy atom. The topological polar surface area (TPSA) is 102 Å². The Labute approximate surface area is 105 Å². The summed E-state index contributed by atoms with van der Waals surface area (Å²) >= 11 is 0. The summed E-state index contributed by atoms with van der Waals surface area (Å²) in [7, 11) is -1.38. The summed E-state index contributed by atoms with van der Waals surface area (Å²) in [6.45, 7) is 0. The molecule has 2 unspecified atom stereocenters. The zero-order valence-electron chi connectivity index (χ0n) is 9.98. The number of carboxylic acids is 1. The van der Waals surface area contributed by atoms with Gasteiger partial charge in [-0.2, -0.15) is 5.10 Å². The van der Waals surface area contributed by atoms with Crippen molar-refractivity contribution in [3.05, 3.63) is 12.2 Å². The standard InChI is InChI=1S/C10H15N3O4S/c1-13-9(11-6-12-13)4-8(10(14)15)7-2-3-18(16,17)5-7/h6-8H,2-5H2,1H3,(H,14,15). The summed E-state index contributed by atoms with van der Waals surface area (Å²) in [5.41, 5.74) is 0. The van der Waals surface area contributed by atoms with E-state index in [0.29, 0.717) is 12.2 Å². The van der Waals surface area contributed by atoms with E-state index in [2.05, 4.69) is 10.1 Å². The number of aryl methyl sites for hydroxylation is 1. The van der Waals surface area contributed by atoms with Crippen molar-refractivity contribution in [2.75, 3.05) is 11.5 Å². The van der Waals surface area contributed by atoms with Crippen LogP contribution in [0.25, 0.3) is 0 Å². The molecule has 2 atom stereocenters. The maximum Gasteiger partial charge on any atom is 0.307 e. The molecule has 1 N–H and O–H groups in total. The zero-order chi connectivity index (χ0) is 13.3. The van der Waals surface area contributed by atoms with Gasteiger partial charge >= 0.3 is 5.97 Å². The summed E-state index contributed by atoms with van der Waals surface area (Å²) in [5.74, 6) is -1.41. The molecular formula is C10H15N3O4S. The Kier molecular flexibility index (Phi) is 3.38. The van der Waals surface area contributed by atoms with Gasteiger partial charge in [-0.05, 0) is 12.3 Å². The van der Waals surface area contributed by atoms with Crippen LogP contribution in [-0.4, -0.2) is 45.8 Å². The Balaban J connectivity index is 2.15. The van der Waals surface area contributed by atoms with Crippen LogP contribution >= 0.6 is 0 Å². The highest BCUT2D eigenvalue weighted by Gasteiger charge is 2.37. The molecule has 1 aliphatic heterocycles. The highest BCUT2D eigenvalue weighted by Crippen LogP contribution is 2.28. The third-order valence-corrected chi connectivity index (χ3v) is 5.16. The zero-order valence-corrected chi connectivity index (χ0v) is 10.8. The van der Waals surface area contributed by atoms with Crippen LogP contribution in [0.3, 0.4) is 0 Å². The van der Waals surface area contributed by atoms with Crippen molar-refractivity contribution in [2.45, 2.75) is 12.8 Å². The van der Waals surface area contributed by atoms with Crippen LogP contribution in [0.4, 0.5) is 0 Å². The summed E-state index contributed by atoms with van der Waals surface area (Å²) in [5, 5.41) is 13.1. The van der Waals surface area contributed by atoms with Gasteiger partial charge in [0.25, 0.3) is 0 Å². The lowest BCUT2D eigenvalue weighted by atomic mass is 9.89. The highest BCUT2D eigenvalue weighted by molar-refractivity contribution is 7.91. The number of carboxylic acid groups (broad SMARTS) is 1. The van der Waals surface area contributed by atoms with E-state index < -0.39 is 21.7 Å². The average molecular weight is 273 g/mol. The van der Waals surface area contributed by atoms with Crippen LogP contribution in [0.1, 0.15) is 12.2 Å². The van der Waals surface area contributed by atoms with Crippen LogP contribution in [0.15, 0.2) is 6.33 Å². The van der Waals surface area contributed by atoms with Crippen molar-refractivity contribution in [1.29, 1.82) is 0 Å². The molecule has 8 heteroatoms. The molecule has 18 heavy (non-hydrogen) atoms. The van der Waals surface area contributed by atoms with E-state index >= 15 is 0 Å². The molecule has 2 heterocycles. The van der Waals surface area contributed by atoms with Gasteiger partial charge in [-0.25, -0.2) is 13.4 Å². The number of rotatable bonds is 4. The summed E-state index contributed by atoms with van der Waals surface area (Å²) in [6, 6.07) is 0. The maximum absolute atomic E-state index is 11.4. The number of nitrogens with zero attached hydrogens (tertiary/aromatic N) is 3. The fraction of sp³-hybridized carbons (Fsp3) is 0.700. The van der Waals surface area contributed by atoms with Gasteiger partial charge in [0.2, 0.25) is 0 Å². The first kappa shape index (κ1) is 13.0. The predicted molar refractivity (Wildman–Crippen MR) is 62.6 cm³/mol. The van der Waals surface area contributed by atoms with E-state index in [0.717, 1.165) is 0 Å². The third kappa shape index (κ3) is 2.69. The normalized spacial score (nSPS) is 23.9. The Morgan fingerprint density at radius 3 is 2.83 bits per heavy atom. The van der Waals surface area contributed by atoms with Gasteiger partial charge in [0.1, 0.15) is 12.2 Å². The molecule has 1 fully saturated rings. The number of carbonyl (C=O) groups is 1. The molecule has 0 aliphatic carbocycles. The van der Waals surface area contributed by atoms with Gasteiger partial charge in [0.15, 0.2) is 9.84 Å². The molecule has 1 aromatic heterocycles. The van der Waals surface area contributed by atoms with Crippen LogP contribution in [0.2, 0.25) is 0 Å². The molecule has 0 amide bonds. The summed E-state index contributed by atoms with van der Waals surface area (Å²) in [6.07, 6.45) is 1.99. The third-order valence-electron chi connectivity index (χ3n) is 3.36. The predicted octanol–water partition coefficient (Wildman–Crippen LogP) is -0.507. The molecule has 0 bridgehead atoms. The molecule has 0 radical (unpaired) electrons. The molecule has 1 aromatic rings. The van der Waals surface area contributed by atoms with E-state index in [1.54, 1.807) is 7.05 Å². The van der Waals surface area contributed by atoms with Crippen molar-refractivity contribution >= 4 is 15.8 Å². The lowest BCUT2D eigenvalue weighted by molar-refractivity contribution is -0.143. The first-order chi connectivity index (χ1) is 8.39. The van der Waals surface area contributed by atoms with Crippen molar-refractivity contribution in [3.8, 4) is 0 Å². The van der Waals surface area contributed by atoms with E-state index in [9.17, 15) is 18.3 Å². The monoisotopic (exact) mass is 273 g/mol. The quantitative estimate of drug-likeness (QED) is 0.793. The largest absolute Gasteiger partial charge is 0.481 e. The lowest BCUT2D eigenvalue weighted by Gasteiger charge is -2.17. The number of aliphatic carboxylic acids is 1. The minimum atomic E-state index is -3.07. The minimum absolute atomic E-state index is 0.0399. The molecule has 0 saturated carbocycles. The molecular weight excluding hydrogens is 258 g/mol. The van der Waals surface area contributed by atoms with Crippen molar-refractivity contribution < 1.29 is 18.3 Å². The van der Waals surface area contributed by atoms with Crippen LogP contribution in [0, 0.1) is 11.8 Å². The Bertz CT molecular complexity index is 551. The second kappa shape index (κ2) is 4.68. The Hall–Kier alpha value is -1.44. The fourth-order valence-corrected chi connectivity index (χ4v) is 4.18. The minimum Gasteiger partial charge on any atom is -0.481 e. The fourth-order valence-electron chi connectivity index (χ4n) is 2.30. The molecule has 100 valence electrons. The van der Waals surface area contributed by atoms with Crippen molar-refractivity contribution in [3.63, 3.8) is 0 Å². The molecule has 0 aromatic carbocycles. The SMILES string of the molecule is Cn1ncnc1CC(C(=O)O)C1CCS(=O)(=O)C1. The van der Waals surface area contributed by atoms with Crippen molar-refractivity contribution in [2.24, 2.45) is 18.9 Å². The van der Waals surface area contributed by atoms with E-state index in [1.165, 1.54) is 11.0 Å². The first-order valence-corrected chi connectivity index (χ1v) is 7.47. The van der Waals surface area contributed by atoms with Gasteiger partial charge in [0.05, 0.1) is 17.4 Å². The number of hydrogen-bond acceptors (Lipinski definition) is 5. The molecule has 1 saturated heterocycles. The first-order valence-electron chi connectivity index (χ1n) is 5.65. The lowest BCUT2D eigenvalue weighted by Crippen LogP contribution is -2.27. The van der Waals surface area contributed by atoms with E-state index in [-0.39, 0.29) is 23.8 Å². The van der Waals surface area contributed by atoms with Crippen molar-refractivity contribution in [1.82, 2.24) is 14.8 Å². The number of sulfone groups is 1. The van der Waals surface area contributed by atoms with Gasteiger partial charge < -0.3 is 5.11 Å². The summed E-state index contributed by atoms with van der Waals surface area (Å²) < 4.78 is 24.3. The smallest absolute Gasteiger partial charge is 0.307 e. The second-order valence-electron chi connectivity index (χ2n) is 4.61. The van der Waals surface area contributed by atoms with E-state index in [1.807, 2.05) is 0 Å². The highest BCUT2D eigenvalue weighted by atomic mass is 32.2. The van der Waals surface area contributed by atoms with Gasteiger partial charge in [-0.3, -0.25) is 9.48 Å². The maximum atomic E-state index is 11.4. The molecule has 0 spiro atoms. The van der Waals surface area contributed by atoms with Crippen LogP contribution in [0.5, 0.6) is 0 Å². The van der Waals surface area contributed by atoms with Gasteiger partial charge in [-0.15, -0.1) is 0 Å². The van der Waals surface area contributed by atoms with Gasteiger partial charge in [0, 0.05) is 13.5 Å². The summed E-state index contributed by atoms with van der Waals surface area (Å²) in [4.78, 5) is 15.3. The van der Waals surface area contributed by atoms with E-state index in [4.69, 9.17) is 0 Å². The molecule has 7 nitrogen and oxygen atoms in total. The number of hydrogen-bond donors (Lipinski definition) is 1.